The second-order valence-electron chi connectivity index (χ2n) is 5.43. The zero-order chi connectivity index (χ0) is 14.8. The Balaban J connectivity index is 2.23. The highest BCUT2D eigenvalue weighted by Crippen LogP contribution is 2.37. The molecule has 1 amide bonds. The van der Waals surface area contributed by atoms with Gasteiger partial charge in [0.25, 0.3) is 0 Å². The molecule has 2 rings (SSSR count). The number of nitrogens with zero attached hydrogens (tertiary/aromatic N) is 1. The van der Waals surface area contributed by atoms with Gasteiger partial charge in [0.1, 0.15) is 5.15 Å². The Labute approximate surface area is 129 Å². The Morgan fingerprint density at radius 3 is 2.60 bits per heavy atom. The van der Waals surface area contributed by atoms with E-state index in [2.05, 4.69) is 10.3 Å². The van der Waals surface area contributed by atoms with Crippen molar-refractivity contribution in [1.29, 1.82) is 0 Å². The fraction of sp³-hybridized carbons (Fsp3) is 0.571. The van der Waals surface area contributed by atoms with Gasteiger partial charge >= 0.3 is 0 Å². The van der Waals surface area contributed by atoms with Crippen LogP contribution in [0.4, 0.5) is 5.69 Å². The first kappa shape index (κ1) is 15.5. The second kappa shape index (κ2) is 6.29. The normalized spacial score (nSPS) is 17.8. The van der Waals surface area contributed by atoms with Gasteiger partial charge < -0.3 is 11.1 Å². The molecule has 1 aromatic heterocycles. The van der Waals surface area contributed by atoms with E-state index in [1.165, 1.54) is 0 Å². The van der Waals surface area contributed by atoms with Crippen LogP contribution in [0.2, 0.25) is 10.3 Å². The molecule has 1 aromatic rings. The lowest BCUT2D eigenvalue weighted by Gasteiger charge is -2.34. The van der Waals surface area contributed by atoms with E-state index in [-0.39, 0.29) is 11.1 Å². The van der Waals surface area contributed by atoms with Gasteiger partial charge in [0.2, 0.25) is 5.91 Å². The average Bonchev–Trinajstić information content (AvgIpc) is 2.43. The van der Waals surface area contributed by atoms with E-state index in [1.807, 2.05) is 6.92 Å². The molecule has 1 saturated carbocycles. The minimum atomic E-state index is -0.479. The smallest absolute Gasteiger partial charge is 0.231 e. The molecule has 1 heterocycles. The Hall–Kier alpha value is -0.840. The summed E-state index contributed by atoms with van der Waals surface area (Å²) in [4.78, 5) is 16.6. The largest absolute Gasteiger partial charge is 0.329 e. The number of rotatable bonds is 3. The predicted molar refractivity (Wildman–Crippen MR) is 82.2 cm³/mol. The number of nitrogens with two attached hydrogens (primary N) is 1. The maximum Gasteiger partial charge on any atom is 0.231 e. The number of hydrogen-bond acceptors (Lipinski definition) is 3. The molecule has 6 heteroatoms. The van der Waals surface area contributed by atoms with E-state index >= 15 is 0 Å². The number of amides is 1. The highest BCUT2D eigenvalue weighted by Gasteiger charge is 2.38. The standard InChI is InChI=1S/C14H19Cl2N3O/c1-9-7-10(15)18-12(16)11(9)19-13(20)14(8-17)5-3-2-4-6-14/h7H,2-6,8,17H2,1H3,(H,19,20). The number of carbonyl (C=O) groups is 1. The third kappa shape index (κ3) is 3.08. The molecule has 1 aliphatic rings. The maximum atomic E-state index is 12.6. The summed E-state index contributed by atoms with van der Waals surface area (Å²) in [6.45, 7) is 2.20. The van der Waals surface area contributed by atoms with Crippen LogP contribution in [0.1, 0.15) is 37.7 Å². The van der Waals surface area contributed by atoms with E-state index < -0.39 is 5.41 Å². The first-order valence-corrected chi connectivity index (χ1v) is 7.58. The van der Waals surface area contributed by atoms with Gasteiger partial charge in [0.15, 0.2) is 5.15 Å². The summed E-state index contributed by atoms with van der Waals surface area (Å²) in [5.74, 6) is -0.0613. The second-order valence-corrected chi connectivity index (χ2v) is 6.17. The summed E-state index contributed by atoms with van der Waals surface area (Å²) in [6.07, 6.45) is 4.89. The summed E-state index contributed by atoms with van der Waals surface area (Å²) in [5, 5.41) is 3.43. The van der Waals surface area contributed by atoms with Crippen LogP contribution in [-0.2, 0) is 4.79 Å². The Morgan fingerprint density at radius 1 is 1.40 bits per heavy atom. The highest BCUT2D eigenvalue weighted by molar-refractivity contribution is 6.34. The Bertz CT molecular complexity index is 490. The summed E-state index contributed by atoms with van der Waals surface area (Å²) in [7, 11) is 0. The molecule has 1 fully saturated rings. The molecule has 0 bridgehead atoms. The highest BCUT2D eigenvalue weighted by atomic mass is 35.5. The summed E-state index contributed by atoms with van der Waals surface area (Å²) in [6, 6.07) is 1.68. The number of hydrogen-bond donors (Lipinski definition) is 2. The topological polar surface area (TPSA) is 68.0 Å². The molecule has 3 N–H and O–H groups in total. The molecule has 0 aromatic carbocycles. The van der Waals surface area contributed by atoms with Crippen molar-refractivity contribution in [3.63, 3.8) is 0 Å². The van der Waals surface area contributed by atoms with Crippen molar-refractivity contribution < 1.29 is 4.79 Å². The van der Waals surface area contributed by atoms with Crippen molar-refractivity contribution in [1.82, 2.24) is 4.98 Å². The monoisotopic (exact) mass is 315 g/mol. The number of aryl methyl sites for hydroxylation is 1. The van der Waals surface area contributed by atoms with Gasteiger partial charge in [0, 0.05) is 6.54 Å². The average molecular weight is 316 g/mol. The molecule has 0 aliphatic heterocycles. The Kier molecular flexibility index (Phi) is 4.89. The molecule has 0 atom stereocenters. The van der Waals surface area contributed by atoms with E-state index in [9.17, 15) is 4.79 Å². The third-order valence-corrected chi connectivity index (χ3v) is 4.53. The van der Waals surface area contributed by atoms with Crippen LogP contribution in [0.15, 0.2) is 6.07 Å². The van der Waals surface area contributed by atoms with E-state index in [1.54, 1.807) is 6.07 Å². The minimum Gasteiger partial charge on any atom is -0.329 e. The van der Waals surface area contributed by atoms with Crippen LogP contribution in [0.5, 0.6) is 0 Å². The van der Waals surface area contributed by atoms with Crippen LogP contribution in [0.25, 0.3) is 0 Å². The van der Waals surface area contributed by atoms with Gasteiger partial charge in [-0.25, -0.2) is 4.98 Å². The van der Waals surface area contributed by atoms with Gasteiger partial charge in [-0.15, -0.1) is 0 Å². The van der Waals surface area contributed by atoms with Gasteiger partial charge in [-0.2, -0.15) is 0 Å². The Morgan fingerprint density at radius 2 is 2.05 bits per heavy atom. The quantitative estimate of drug-likeness (QED) is 0.838. The van der Waals surface area contributed by atoms with Crippen LogP contribution >= 0.6 is 23.2 Å². The lowest BCUT2D eigenvalue weighted by Crippen LogP contribution is -2.44. The van der Waals surface area contributed by atoms with Crippen LogP contribution in [0, 0.1) is 12.3 Å². The number of nitrogens with one attached hydrogen (secondary N) is 1. The first-order valence-electron chi connectivity index (χ1n) is 6.83. The molecule has 0 spiro atoms. The number of carbonyl (C=O) groups excluding carboxylic acids is 1. The fourth-order valence-corrected chi connectivity index (χ4v) is 3.32. The summed E-state index contributed by atoms with van der Waals surface area (Å²) in [5.41, 5.74) is 6.71. The number of pyridine rings is 1. The molecular formula is C14H19Cl2N3O. The van der Waals surface area contributed by atoms with Crippen LogP contribution in [-0.4, -0.2) is 17.4 Å². The fourth-order valence-electron chi connectivity index (χ4n) is 2.74. The number of halogens is 2. The first-order chi connectivity index (χ1) is 9.48. The van der Waals surface area contributed by atoms with Gasteiger partial charge in [0.05, 0.1) is 11.1 Å². The number of anilines is 1. The zero-order valence-corrected chi connectivity index (χ0v) is 13.0. The molecule has 110 valence electrons. The number of aromatic nitrogens is 1. The lowest BCUT2D eigenvalue weighted by molar-refractivity contribution is -0.126. The van der Waals surface area contributed by atoms with Crippen molar-refractivity contribution in [2.24, 2.45) is 11.1 Å². The van der Waals surface area contributed by atoms with Crippen LogP contribution < -0.4 is 11.1 Å². The van der Waals surface area contributed by atoms with Gasteiger partial charge in [-0.1, -0.05) is 42.5 Å². The van der Waals surface area contributed by atoms with Crippen LogP contribution in [0.3, 0.4) is 0 Å². The molecule has 4 nitrogen and oxygen atoms in total. The summed E-state index contributed by atoms with van der Waals surface area (Å²) < 4.78 is 0. The molecule has 0 radical (unpaired) electrons. The van der Waals surface area contributed by atoms with E-state index in [0.717, 1.165) is 37.7 Å². The molecule has 0 saturated heterocycles. The lowest BCUT2D eigenvalue weighted by atomic mass is 9.73. The summed E-state index contributed by atoms with van der Waals surface area (Å²) >= 11 is 11.9. The molecule has 20 heavy (non-hydrogen) atoms. The van der Waals surface area contributed by atoms with Crippen molar-refractivity contribution in [3.05, 3.63) is 21.9 Å². The molecule has 1 aliphatic carbocycles. The van der Waals surface area contributed by atoms with E-state index in [4.69, 9.17) is 28.9 Å². The SMILES string of the molecule is Cc1cc(Cl)nc(Cl)c1NC(=O)C1(CN)CCCCC1. The van der Waals surface area contributed by atoms with Crippen molar-refractivity contribution in [3.8, 4) is 0 Å². The maximum absolute atomic E-state index is 12.6. The van der Waals surface area contributed by atoms with E-state index in [0.29, 0.717) is 17.4 Å². The minimum absolute atomic E-state index is 0.0613. The zero-order valence-electron chi connectivity index (χ0n) is 11.5. The van der Waals surface area contributed by atoms with Crippen molar-refractivity contribution in [2.75, 3.05) is 11.9 Å². The van der Waals surface area contributed by atoms with Gasteiger partial charge in [-0.3, -0.25) is 4.79 Å². The van der Waals surface area contributed by atoms with Crippen molar-refractivity contribution >= 4 is 34.8 Å². The molecular weight excluding hydrogens is 297 g/mol. The van der Waals surface area contributed by atoms with Crippen molar-refractivity contribution in [2.45, 2.75) is 39.0 Å². The van der Waals surface area contributed by atoms with Gasteiger partial charge in [-0.05, 0) is 31.4 Å². The molecule has 0 unspecified atom stereocenters. The predicted octanol–water partition coefficient (Wildman–Crippen LogP) is 3.54. The third-order valence-electron chi connectivity index (χ3n) is 4.06.